The van der Waals surface area contributed by atoms with Gasteiger partial charge >= 0.3 is 5.97 Å². The standard InChI is InChI=1S/C34H36N2O8/c1-17-12-20-13-23-34(40)36-22(28(35(23)3)26(20)30(39)31(17)41-4)14-21-27(33-32(43-16-44-33)18(2)29(21)38)24(36)15-42-25(37)11-10-19-8-6-5-7-9-19/h5-12,22-24,28,34,38-40H,13-16H2,1-4H3/b11-10+/t22?,23-,24-,28-,34-/m0/s1. The Hall–Kier alpha value is -4.25. The SMILES string of the molecule is COc1c(C)cc2c(c1O)[C@@H]1C3Cc4c(O)c(C)c5c(c4[C@H](COC(=O)/C=C/c4ccccc4)N3[C@@H](O)[C@H](C2)N1C)OCO5. The Labute approximate surface area is 255 Å². The number of methoxy groups -OCH3 is 1. The third-order valence-corrected chi connectivity index (χ3v) is 9.72. The van der Waals surface area contributed by atoms with E-state index in [1.54, 1.807) is 13.0 Å². The summed E-state index contributed by atoms with van der Waals surface area (Å²) in [6.07, 6.45) is 2.97. The highest BCUT2D eigenvalue weighted by Gasteiger charge is 2.56. The molecule has 0 saturated carbocycles. The zero-order chi connectivity index (χ0) is 30.9. The molecule has 4 heterocycles. The van der Waals surface area contributed by atoms with Crippen molar-refractivity contribution in [1.29, 1.82) is 0 Å². The summed E-state index contributed by atoms with van der Waals surface area (Å²) in [5.41, 5.74) is 5.25. The fourth-order valence-electron chi connectivity index (χ4n) is 7.75. The van der Waals surface area contributed by atoms with E-state index >= 15 is 0 Å². The van der Waals surface area contributed by atoms with Crippen LogP contribution in [0.4, 0.5) is 0 Å². The molecule has 1 saturated heterocycles. The molecule has 0 radical (unpaired) electrons. The fourth-order valence-corrected chi connectivity index (χ4v) is 7.75. The zero-order valence-electron chi connectivity index (χ0n) is 25.1. The Morgan fingerprint density at radius 3 is 2.55 bits per heavy atom. The normalized spacial score (nSPS) is 25.3. The van der Waals surface area contributed by atoms with Crippen molar-refractivity contribution in [2.24, 2.45) is 0 Å². The number of phenols is 2. The number of fused-ring (bicyclic) bond motifs is 9. The molecule has 3 N–H and O–H groups in total. The number of aliphatic hydroxyl groups is 1. The minimum Gasteiger partial charge on any atom is -0.507 e. The van der Waals surface area contributed by atoms with Crippen molar-refractivity contribution >= 4 is 12.0 Å². The second-order valence-corrected chi connectivity index (χ2v) is 12.0. The number of carbonyl (C=O) groups is 1. The first-order valence-corrected chi connectivity index (χ1v) is 14.8. The number of benzene rings is 3. The third-order valence-electron chi connectivity index (χ3n) is 9.72. The van der Waals surface area contributed by atoms with Gasteiger partial charge < -0.3 is 34.3 Å². The largest absolute Gasteiger partial charge is 0.507 e. The van der Waals surface area contributed by atoms with E-state index in [0.717, 1.165) is 22.3 Å². The maximum absolute atomic E-state index is 13.0. The molecule has 0 amide bonds. The molecule has 4 aliphatic heterocycles. The smallest absolute Gasteiger partial charge is 0.330 e. The number of aryl methyl sites for hydroxylation is 1. The van der Waals surface area contributed by atoms with Crippen LogP contribution in [0, 0.1) is 13.8 Å². The Morgan fingerprint density at radius 1 is 1.05 bits per heavy atom. The number of aromatic hydroxyl groups is 2. The lowest BCUT2D eigenvalue weighted by molar-refractivity contribution is -0.182. The van der Waals surface area contributed by atoms with Crippen molar-refractivity contribution in [3.05, 3.63) is 81.4 Å². The van der Waals surface area contributed by atoms with E-state index in [1.165, 1.54) is 13.2 Å². The van der Waals surface area contributed by atoms with Crippen LogP contribution in [0.5, 0.6) is 28.7 Å². The van der Waals surface area contributed by atoms with E-state index in [1.807, 2.05) is 55.3 Å². The number of likely N-dealkylation sites (N-methyl/N-ethyl adjacent to an activating group) is 1. The number of carbonyl (C=O) groups excluding carboxylic acids is 1. The summed E-state index contributed by atoms with van der Waals surface area (Å²) in [4.78, 5) is 17.1. The highest BCUT2D eigenvalue weighted by molar-refractivity contribution is 5.87. The van der Waals surface area contributed by atoms with Gasteiger partial charge in [0.15, 0.2) is 23.0 Å². The van der Waals surface area contributed by atoms with Crippen LogP contribution in [0.2, 0.25) is 0 Å². The van der Waals surface area contributed by atoms with Crippen LogP contribution in [-0.2, 0) is 22.4 Å². The van der Waals surface area contributed by atoms with E-state index in [-0.39, 0.29) is 37.0 Å². The molecule has 3 aromatic rings. The van der Waals surface area contributed by atoms with Crippen LogP contribution in [0.15, 0.2) is 42.5 Å². The molecule has 3 aromatic carbocycles. The Kier molecular flexibility index (Phi) is 6.95. The number of esters is 1. The van der Waals surface area contributed by atoms with Gasteiger partial charge in [0.1, 0.15) is 18.6 Å². The minimum absolute atomic E-state index is 0.00124. The maximum Gasteiger partial charge on any atom is 0.330 e. The molecule has 0 aromatic heterocycles. The summed E-state index contributed by atoms with van der Waals surface area (Å²) < 4.78 is 23.1. The van der Waals surface area contributed by atoms with E-state index < -0.39 is 24.3 Å². The van der Waals surface area contributed by atoms with Gasteiger partial charge in [0.25, 0.3) is 0 Å². The number of ether oxygens (including phenoxy) is 4. The quantitative estimate of drug-likeness (QED) is 0.294. The van der Waals surface area contributed by atoms with Gasteiger partial charge in [-0.1, -0.05) is 36.4 Å². The number of hydrogen-bond donors (Lipinski definition) is 3. The van der Waals surface area contributed by atoms with Gasteiger partial charge in [-0.2, -0.15) is 0 Å². The fraction of sp³-hybridized carbons (Fsp3) is 0.382. The van der Waals surface area contributed by atoms with Crippen LogP contribution in [0.25, 0.3) is 6.08 Å². The Bertz CT molecular complexity index is 1670. The highest BCUT2D eigenvalue weighted by Crippen LogP contribution is 2.58. The van der Waals surface area contributed by atoms with Crippen molar-refractivity contribution in [3.63, 3.8) is 0 Å². The Morgan fingerprint density at radius 2 is 1.80 bits per heavy atom. The average Bonchev–Trinajstić information content (AvgIpc) is 3.51. The van der Waals surface area contributed by atoms with Crippen LogP contribution in [0.1, 0.15) is 51.0 Å². The van der Waals surface area contributed by atoms with Crippen LogP contribution < -0.4 is 14.2 Å². The lowest BCUT2D eigenvalue weighted by Gasteiger charge is -2.59. The summed E-state index contributed by atoms with van der Waals surface area (Å²) in [7, 11) is 3.49. The van der Waals surface area contributed by atoms with Gasteiger partial charge in [-0.3, -0.25) is 9.80 Å². The van der Waals surface area contributed by atoms with Crippen LogP contribution >= 0.6 is 0 Å². The summed E-state index contributed by atoms with van der Waals surface area (Å²) in [5.74, 6) is 1.00. The second kappa shape index (κ2) is 10.7. The summed E-state index contributed by atoms with van der Waals surface area (Å²) in [6.45, 7) is 3.58. The maximum atomic E-state index is 13.0. The monoisotopic (exact) mass is 600 g/mol. The number of phenolic OH excluding ortho intramolecular Hbond substituents is 2. The van der Waals surface area contributed by atoms with Crippen molar-refractivity contribution < 1.29 is 39.1 Å². The first-order valence-electron chi connectivity index (χ1n) is 14.8. The predicted molar refractivity (Wildman–Crippen MR) is 161 cm³/mol. The van der Waals surface area contributed by atoms with Crippen molar-refractivity contribution in [2.75, 3.05) is 27.6 Å². The average molecular weight is 601 g/mol. The summed E-state index contributed by atoms with van der Waals surface area (Å²) >= 11 is 0. The van der Waals surface area contributed by atoms with E-state index in [9.17, 15) is 20.1 Å². The summed E-state index contributed by atoms with van der Waals surface area (Å²) in [6, 6.07) is 9.77. The van der Waals surface area contributed by atoms with E-state index in [2.05, 4.69) is 4.90 Å². The van der Waals surface area contributed by atoms with Crippen LogP contribution in [0.3, 0.4) is 0 Å². The number of nitrogens with zero attached hydrogens (tertiary/aromatic N) is 2. The van der Waals surface area contributed by atoms with Gasteiger partial charge in [-0.15, -0.1) is 0 Å². The molecule has 7 rings (SSSR count). The first kappa shape index (κ1) is 28.5. The Balaban J connectivity index is 1.33. The van der Waals surface area contributed by atoms with E-state index in [4.69, 9.17) is 18.9 Å². The van der Waals surface area contributed by atoms with Gasteiger partial charge in [-0.25, -0.2) is 4.79 Å². The lowest BCUT2D eigenvalue weighted by atomic mass is 9.73. The summed E-state index contributed by atoms with van der Waals surface area (Å²) in [5, 5.41) is 35.1. The van der Waals surface area contributed by atoms with Gasteiger partial charge in [0.05, 0.1) is 25.2 Å². The molecule has 1 unspecified atom stereocenters. The molecule has 5 atom stereocenters. The van der Waals surface area contributed by atoms with Crippen molar-refractivity contribution in [1.82, 2.24) is 9.80 Å². The third kappa shape index (κ3) is 4.23. The number of rotatable bonds is 5. The topological polar surface area (TPSA) is 121 Å². The lowest BCUT2D eigenvalue weighted by Crippen LogP contribution is -2.68. The molecule has 44 heavy (non-hydrogen) atoms. The highest BCUT2D eigenvalue weighted by atomic mass is 16.7. The van der Waals surface area contributed by atoms with E-state index in [0.29, 0.717) is 46.8 Å². The number of aliphatic hydroxyl groups excluding tert-OH is 1. The second-order valence-electron chi connectivity index (χ2n) is 12.0. The zero-order valence-corrected chi connectivity index (χ0v) is 25.1. The molecule has 2 bridgehead atoms. The molecule has 10 heteroatoms. The molecule has 0 spiro atoms. The molecule has 10 nitrogen and oxygen atoms in total. The molecule has 230 valence electrons. The first-order chi connectivity index (χ1) is 21.2. The van der Waals surface area contributed by atoms with Gasteiger partial charge in [-0.05, 0) is 56.5 Å². The number of hydrogen-bond acceptors (Lipinski definition) is 10. The van der Waals surface area contributed by atoms with Crippen molar-refractivity contribution in [2.45, 2.75) is 57.1 Å². The van der Waals surface area contributed by atoms with Crippen molar-refractivity contribution in [3.8, 4) is 28.7 Å². The minimum atomic E-state index is -0.947. The molecule has 0 aliphatic carbocycles. The van der Waals surface area contributed by atoms with Gasteiger partial charge in [0, 0.05) is 34.4 Å². The molecule has 4 aliphatic rings. The van der Waals surface area contributed by atoms with Crippen LogP contribution in [-0.4, -0.2) is 77.0 Å². The molecule has 1 fully saturated rings. The molecular formula is C34H36N2O8. The number of piperazine rings is 1. The predicted octanol–water partition coefficient (Wildman–Crippen LogP) is 3.91. The van der Waals surface area contributed by atoms with Gasteiger partial charge in [0.2, 0.25) is 6.79 Å². The molecular weight excluding hydrogens is 564 g/mol.